The van der Waals surface area contributed by atoms with E-state index in [9.17, 15) is 4.79 Å². The average molecular weight is 195 g/mol. The number of rotatable bonds is 3. The SMILES string of the molecule is COCc1ccc(C(=O)OC)c(N)c1. The first-order valence-electron chi connectivity index (χ1n) is 4.14. The number of nitrogen functional groups attached to an aromatic ring is 1. The van der Waals surface area contributed by atoms with Crippen LogP contribution in [-0.4, -0.2) is 20.2 Å². The Morgan fingerprint density at radius 1 is 1.43 bits per heavy atom. The fraction of sp³-hybridized carbons (Fsp3) is 0.300. The maximum Gasteiger partial charge on any atom is 0.339 e. The van der Waals surface area contributed by atoms with Crippen LogP contribution in [0, 0.1) is 0 Å². The normalized spacial score (nSPS) is 9.86. The Labute approximate surface area is 82.6 Å². The van der Waals surface area contributed by atoms with Crippen LogP contribution < -0.4 is 5.73 Å². The third-order valence-electron chi connectivity index (χ3n) is 1.83. The number of hydrogen-bond acceptors (Lipinski definition) is 4. The van der Waals surface area contributed by atoms with Crippen molar-refractivity contribution in [3.05, 3.63) is 29.3 Å². The molecule has 1 rings (SSSR count). The average Bonchev–Trinajstić information content (AvgIpc) is 2.17. The molecule has 1 aromatic carbocycles. The third-order valence-corrected chi connectivity index (χ3v) is 1.83. The van der Waals surface area contributed by atoms with Gasteiger partial charge in [0.2, 0.25) is 0 Å². The highest BCUT2D eigenvalue weighted by atomic mass is 16.5. The maximum atomic E-state index is 11.2. The number of benzene rings is 1. The van der Waals surface area contributed by atoms with Gasteiger partial charge in [-0.3, -0.25) is 0 Å². The molecule has 0 saturated carbocycles. The second-order valence-electron chi connectivity index (χ2n) is 2.85. The predicted octanol–water partition coefficient (Wildman–Crippen LogP) is 1.20. The second kappa shape index (κ2) is 4.62. The number of methoxy groups -OCH3 is 2. The van der Waals surface area contributed by atoms with E-state index >= 15 is 0 Å². The standard InChI is InChI=1S/C10H13NO3/c1-13-6-7-3-4-8(9(11)5-7)10(12)14-2/h3-5H,6,11H2,1-2H3. The van der Waals surface area contributed by atoms with Crippen molar-refractivity contribution in [1.29, 1.82) is 0 Å². The Bertz CT molecular complexity index is 336. The van der Waals surface area contributed by atoms with E-state index in [1.165, 1.54) is 7.11 Å². The summed E-state index contributed by atoms with van der Waals surface area (Å²) in [5.74, 6) is -0.425. The number of carbonyl (C=O) groups is 1. The molecule has 0 aliphatic carbocycles. The van der Waals surface area contributed by atoms with E-state index in [0.717, 1.165) is 5.56 Å². The molecule has 0 heterocycles. The van der Waals surface area contributed by atoms with E-state index in [1.807, 2.05) is 0 Å². The minimum absolute atomic E-state index is 0.382. The Hall–Kier alpha value is -1.55. The van der Waals surface area contributed by atoms with Crippen LogP contribution >= 0.6 is 0 Å². The van der Waals surface area contributed by atoms with Crippen LogP contribution in [0.5, 0.6) is 0 Å². The van der Waals surface area contributed by atoms with Crippen molar-refractivity contribution in [3.8, 4) is 0 Å². The molecule has 0 aliphatic heterocycles. The van der Waals surface area contributed by atoms with Crippen molar-refractivity contribution >= 4 is 11.7 Å². The van der Waals surface area contributed by atoms with E-state index in [4.69, 9.17) is 10.5 Å². The molecule has 0 fully saturated rings. The lowest BCUT2D eigenvalue weighted by Crippen LogP contribution is -2.06. The van der Waals surface area contributed by atoms with Gasteiger partial charge in [0.25, 0.3) is 0 Å². The molecular formula is C10H13NO3. The van der Waals surface area contributed by atoms with Crippen LogP contribution in [0.25, 0.3) is 0 Å². The lowest BCUT2D eigenvalue weighted by atomic mass is 10.1. The summed E-state index contributed by atoms with van der Waals surface area (Å²) in [5.41, 5.74) is 7.39. The first kappa shape index (κ1) is 10.5. The van der Waals surface area contributed by atoms with Gasteiger partial charge in [0.15, 0.2) is 0 Å². The van der Waals surface area contributed by atoms with Crippen molar-refractivity contribution in [2.75, 3.05) is 20.0 Å². The van der Waals surface area contributed by atoms with Crippen LogP contribution in [0.4, 0.5) is 5.69 Å². The fourth-order valence-corrected chi connectivity index (χ4v) is 1.16. The van der Waals surface area contributed by atoms with Crippen LogP contribution in [0.2, 0.25) is 0 Å². The molecule has 4 heteroatoms. The highest BCUT2D eigenvalue weighted by Gasteiger charge is 2.09. The van der Waals surface area contributed by atoms with E-state index in [1.54, 1.807) is 25.3 Å². The van der Waals surface area contributed by atoms with Gasteiger partial charge in [-0.25, -0.2) is 4.79 Å². The summed E-state index contributed by atoms with van der Waals surface area (Å²) in [6.07, 6.45) is 0. The second-order valence-corrected chi connectivity index (χ2v) is 2.85. The van der Waals surface area contributed by atoms with Gasteiger partial charge in [-0.05, 0) is 17.7 Å². The number of anilines is 1. The zero-order chi connectivity index (χ0) is 10.6. The van der Waals surface area contributed by atoms with Gasteiger partial charge in [0, 0.05) is 12.8 Å². The van der Waals surface area contributed by atoms with E-state index in [2.05, 4.69) is 4.74 Å². The lowest BCUT2D eigenvalue weighted by molar-refractivity contribution is 0.0602. The minimum atomic E-state index is -0.425. The van der Waals surface area contributed by atoms with Gasteiger partial charge in [-0.15, -0.1) is 0 Å². The van der Waals surface area contributed by atoms with Crippen LogP contribution in [0.1, 0.15) is 15.9 Å². The van der Waals surface area contributed by atoms with Crippen molar-refractivity contribution in [2.45, 2.75) is 6.61 Å². The molecule has 0 aromatic heterocycles. The largest absolute Gasteiger partial charge is 0.465 e. The molecule has 4 nitrogen and oxygen atoms in total. The Kier molecular flexibility index (Phi) is 3.48. The van der Waals surface area contributed by atoms with Crippen LogP contribution in [0.15, 0.2) is 18.2 Å². The van der Waals surface area contributed by atoms with Gasteiger partial charge < -0.3 is 15.2 Å². The van der Waals surface area contributed by atoms with Crippen molar-refractivity contribution in [2.24, 2.45) is 0 Å². The monoisotopic (exact) mass is 195 g/mol. The highest BCUT2D eigenvalue weighted by Crippen LogP contribution is 2.15. The summed E-state index contributed by atoms with van der Waals surface area (Å²) in [6.45, 7) is 0.478. The number of nitrogens with two attached hydrogens (primary N) is 1. The molecular weight excluding hydrogens is 182 g/mol. The molecule has 0 bridgehead atoms. The molecule has 0 spiro atoms. The molecule has 0 aliphatic rings. The van der Waals surface area contributed by atoms with Gasteiger partial charge in [0.1, 0.15) is 0 Å². The number of esters is 1. The summed E-state index contributed by atoms with van der Waals surface area (Å²) >= 11 is 0. The zero-order valence-corrected chi connectivity index (χ0v) is 8.24. The summed E-state index contributed by atoms with van der Waals surface area (Å²) in [7, 11) is 2.93. The maximum absolute atomic E-state index is 11.2. The van der Waals surface area contributed by atoms with Gasteiger partial charge in [-0.1, -0.05) is 6.07 Å². The summed E-state index contributed by atoms with van der Waals surface area (Å²) in [6, 6.07) is 5.12. The van der Waals surface area contributed by atoms with Gasteiger partial charge >= 0.3 is 5.97 Å². The smallest absolute Gasteiger partial charge is 0.339 e. The Morgan fingerprint density at radius 2 is 2.14 bits per heavy atom. The first-order valence-corrected chi connectivity index (χ1v) is 4.14. The van der Waals surface area contributed by atoms with Crippen LogP contribution in [-0.2, 0) is 16.1 Å². The molecule has 0 radical (unpaired) electrons. The van der Waals surface area contributed by atoms with Crippen molar-refractivity contribution < 1.29 is 14.3 Å². The quantitative estimate of drug-likeness (QED) is 0.581. The molecule has 0 unspecified atom stereocenters. The molecule has 76 valence electrons. The van der Waals surface area contributed by atoms with E-state index < -0.39 is 5.97 Å². The molecule has 0 amide bonds. The number of ether oxygens (including phenoxy) is 2. The minimum Gasteiger partial charge on any atom is -0.465 e. The van der Waals surface area contributed by atoms with Crippen LogP contribution in [0.3, 0.4) is 0 Å². The molecule has 1 aromatic rings. The lowest BCUT2D eigenvalue weighted by Gasteiger charge is -2.05. The number of hydrogen-bond donors (Lipinski definition) is 1. The fourth-order valence-electron chi connectivity index (χ4n) is 1.16. The van der Waals surface area contributed by atoms with Gasteiger partial charge in [-0.2, -0.15) is 0 Å². The molecule has 0 atom stereocenters. The summed E-state index contributed by atoms with van der Waals surface area (Å²) in [5, 5.41) is 0. The Morgan fingerprint density at radius 3 is 2.64 bits per heavy atom. The summed E-state index contributed by atoms with van der Waals surface area (Å²) < 4.78 is 9.50. The van der Waals surface area contributed by atoms with E-state index in [0.29, 0.717) is 17.9 Å². The predicted molar refractivity (Wildman–Crippen MR) is 52.9 cm³/mol. The third kappa shape index (κ3) is 2.23. The van der Waals surface area contributed by atoms with E-state index in [-0.39, 0.29) is 0 Å². The highest BCUT2D eigenvalue weighted by molar-refractivity contribution is 5.95. The first-order chi connectivity index (χ1) is 6.69. The molecule has 14 heavy (non-hydrogen) atoms. The molecule has 2 N–H and O–H groups in total. The zero-order valence-electron chi connectivity index (χ0n) is 8.24. The molecule has 0 saturated heterocycles. The van der Waals surface area contributed by atoms with Crippen molar-refractivity contribution in [3.63, 3.8) is 0 Å². The number of carbonyl (C=O) groups excluding carboxylic acids is 1. The Balaban J connectivity index is 2.95. The summed E-state index contributed by atoms with van der Waals surface area (Å²) in [4.78, 5) is 11.2. The topological polar surface area (TPSA) is 61.5 Å². The van der Waals surface area contributed by atoms with Gasteiger partial charge in [0.05, 0.1) is 19.3 Å². The van der Waals surface area contributed by atoms with Crippen molar-refractivity contribution in [1.82, 2.24) is 0 Å².